The smallest absolute Gasteiger partial charge is 0.339 e. The van der Waals surface area contributed by atoms with Crippen LogP contribution < -0.4 is 10.1 Å². The molecule has 2 N–H and O–H groups in total. The van der Waals surface area contributed by atoms with Crippen LogP contribution in [0.1, 0.15) is 17.3 Å². The minimum absolute atomic E-state index is 0.0310. The molecule has 0 aromatic heterocycles. The summed E-state index contributed by atoms with van der Waals surface area (Å²) >= 11 is 0. The Bertz CT molecular complexity index is 488. The molecule has 0 aliphatic heterocycles. The van der Waals surface area contributed by atoms with Crippen molar-refractivity contribution in [2.24, 2.45) is 0 Å². The number of carbonyl (C=O) groups is 2. The fourth-order valence-electron chi connectivity index (χ4n) is 1.57. The molecule has 0 atom stereocenters. The van der Waals surface area contributed by atoms with Crippen LogP contribution in [0.3, 0.4) is 0 Å². The zero-order valence-corrected chi connectivity index (χ0v) is 12.0. The Balaban J connectivity index is 2.51. The van der Waals surface area contributed by atoms with Crippen molar-refractivity contribution in [1.82, 2.24) is 0 Å². The van der Waals surface area contributed by atoms with Crippen molar-refractivity contribution < 1.29 is 28.9 Å². The summed E-state index contributed by atoms with van der Waals surface area (Å²) in [6.07, 6.45) is 0. The first-order chi connectivity index (χ1) is 10.1. The first-order valence-electron chi connectivity index (χ1n) is 6.45. The van der Waals surface area contributed by atoms with Crippen molar-refractivity contribution >= 4 is 17.6 Å². The number of hydrogen-bond acceptors (Lipinski definition) is 5. The molecule has 0 heterocycles. The molecule has 0 spiro atoms. The minimum Gasteiger partial charge on any atom is -0.496 e. The van der Waals surface area contributed by atoms with E-state index in [0.29, 0.717) is 25.5 Å². The molecule has 0 fully saturated rings. The second-order valence-electron chi connectivity index (χ2n) is 4.02. The number of anilines is 1. The maximum Gasteiger partial charge on any atom is 0.339 e. The van der Waals surface area contributed by atoms with E-state index in [4.69, 9.17) is 19.3 Å². The highest BCUT2D eigenvalue weighted by molar-refractivity contribution is 5.95. The number of hydrogen-bond donors (Lipinski definition) is 2. The van der Waals surface area contributed by atoms with Gasteiger partial charge in [0.2, 0.25) is 5.91 Å². The third kappa shape index (κ3) is 5.80. The van der Waals surface area contributed by atoms with Crippen LogP contribution in [-0.4, -0.2) is 50.5 Å². The molecule has 0 radical (unpaired) electrons. The van der Waals surface area contributed by atoms with Gasteiger partial charge in [-0.25, -0.2) is 4.79 Å². The van der Waals surface area contributed by atoms with E-state index in [0.717, 1.165) is 0 Å². The van der Waals surface area contributed by atoms with Crippen LogP contribution in [0.2, 0.25) is 0 Å². The quantitative estimate of drug-likeness (QED) is 0.669. The zero-order valence-electron chi connectivity index (χ0n) is 12.0. The van der Waals surface area contributed by atoms with E-state index in [2.05, 4.69) is 5.32 Å². The number of carboxylic acid groups (broad SMARTS) is 1. The molecule has 0 bridgehead atoms. The van der Waals surface area contributed by atoms with E-state index in [-0.39, 0.29) is 23.8 Å². The number of carboxylic acids is 1. The standard InChI is InChI=1S/C14H19NO6/c1-3-20-6-7-21-9-13(16)15-10-4-5-11(14(17)18)12(8-10)19-2/h4-5,8H,3,6-7,9H2,1-2H3,(H,15,16)(H,17,18). The minimum atomic E-state index is -1.09. The second kappa shape index (κ2) is 8.93. The fourth-order valence-corrected chi connectivity index (χ4v) is 1.57. The predicted octanol–water partition coefficient (Wildman–Crippen LogP) is 1.38. The molecule has 1 aromatic carbocycles. The van der Waals surface area contributed by atoms with E-state index in [1.54, 1.807) is 0 Å². The Morgan fingerprint density at radius 2 is 1.95 bits per heavy atom. The molecule has 0 saturated heterocycles. The molecule has 21 heavy (non-hydrogen) atoms. The van der Waals surface area contributed by atoms with Gasteiger partial charge in [-0.2, -0.15) is 0 Å². The monoisotopic (exact) mass is 297 g/mol. The number of rotatable bonds is 9. The second-order valence-corrected chi connectivity index (χ2v) is 4.02. The molecule has 0 saturated carbocycles. The Hall–Kier alpha value is -2.12. The molecular formula is C14H19NO6. The van der Waals surface area contributed by atoms with Crippen LogP contribution in [0, 0.1) is 0 Å². The summed E-state index contributed by atoms with van der Waals surface area (Å²) < 4.78 is 15.2. The normalized spacial score (nSPS) is 10.2. The van der Waals surface area contributed by atoms with Crippen LogP contribution >= 0.6 is 0 Å². The van der Waals surface area contributed by atoms with Crippen molar-refractivity contribution in [3.63, 3.8) is 0 Å². The number of aromatic carboxylic acids is 1. The third-order valence-electron chi connectivity index (χ3n) is 2.52. The van der Waals surface area contributed by atoms with Crippen molar-refractivity contribution in [2.75, 3.05) is 38.9 Å². The highest BCUT2D eigenvalue weighted by Crippen LogP contribution is 2.23. The molecular weight excluding hydrogens is 278 g/mol. The average Bonchev–Trinajstić information content (AvgIpc) is 2.46. The summed E-state index contributed by atoms with van der Waals surface area (Å²) in [6.45, 7) is 3.15. The van der Waals surface area contributed by atoms with Gasteiger partial charge in [-0.1, -0.05) is 0 Å². The van der Waals surface area contributed by atoms with Crippen LogP contribution in [0.25, 0.3) is 0 Å². The summed E-state index contributed by atoms with van der Waals surface area (Å²) in [5, 5.41) is 11.6. The number of ether oxygens (including phenoxy) is 3. The van der Waals surface area contributed by atoms with Gasteiger partial charge in [0.05, 0.1) is 20.3 Å². The maximum absolute atomic E-state index is 11.6. The van der Waals surface area contributed by atoms with E-state index in [1.165, 1.54) is 25.3 Å². The van der Waals surface area contributed by atoms with Gasteiger partial charge in [-0.15, -0.1) is 0 Å². The van der Waals surface area contributed by atoms with Gasteiger partial charge in [0.1, 0.15) is 17.9 Å². The number of methoxy groups -OCH3 is 1. The van der Waals surface area contributed by atoms with E-state index in [1.807, 2.05) is 6.92 Å². The van der Waals surface area contributed by atoms with Crippen molar-refractivity contribution in [1.29, 1.82) is 0 Å². The zero-order chi connectivity index (χ0) is 15.7. The van der Waals surface area contributed by atoms with Crippen molar-refractivity contribution in [2.45, 2.75) is 6.92 Å². The average molecular weight is 297 g/mol. The summed E-state index contributed by atoms with van der Waals surface area (Å²) in [5.74, 6) is -1.25. The Kier molecular flexibility index (Phi) is 7.20. The first-order valence-corrected chi connectivity index (χ1v) is 6.45. The molecule has 1 amide bonds. The van der Waals surface area contributed by atoms with Crippen LogP contribution in [-0.2, 0) is 14.3 Å². The molecule has 1 rings (SSSR count). The number of benzene rings is 1. The number of amides is 1. The largest absolute Gasteiger partial charge is 0.496 e. The van der Waals surface area contributed by atoms with E-state index in [9.17, 15) is 9.59 Å². The van der Waals surface area contributed by atoms with Gasteiger partial charge < -0.3 is 24.6 Å². The van der Waals surface area contributed by atoms with E-state index < -0.39 is 5.97 Å². The lowest BCUT2D eigenvalue weighted by atomic mass is 10.2. The molecule has 7 nitrogen and oxygen atoms in total. The molecule has 1 aromatic rings. The SMILES string of the molecule is CCOCCOCC(=O)Nc1ccc(C(=O)O)c(OC)c1. The molecule has 7 heteroatoms. The van der Waals surface area contributed by atoms with Gasteiger partial charge in [-0.3, -0.25) is 4.79 Å². The van der Waals surface area contributed by atoms with Crippen molar-refractivity contribution in [3.8, 4) is 5.75 Å². The summed E-state index contributed by atoms with van der Waals surface area (Å²) in [6, 6.07) is 4.30. The summed E-state index contributed by atoms with van der Waals surface area (Å²) in [5.41, 5.74) is 0.471. The number of carbonyl (C=O) groups excluding carboxylic acids is 1. The first kappa shape index (κ1) is 16.9. The Labute approximate surface area is 122 Å². The highest BCUT2D eigenvalue weighted by atomic mass is 16.5. The lowest BCUT2D eigenvalue weighted by Crippen LogP contribution is -2.20. The number of nitrogens with one attached hydrogen (secondary N) is 1. The van der Waals surface area contributed by atoms with Gasteiger partial charge in [0.15, 0.2) is 0 Å². The topological polar surface area (TPSA) is 94.1 Å². The Morgan fingerprint density at radius 1 is 1.24 bits per heavy atom. The van der Waals surface area contributed by atoms with Crippen molar-refractivity contribution in [3.05, 3.63) is 23.8 Å². The molecule has 0 aliphatic rings. The summed E-state index contributed by atoms with van der Waals surface area (Å²) in [4.78, 5) is 22.6. The van der Waals surface area contributed by atoms with Crippen LogP contribution in [0.15, 0.2) is 18.2 Å². The van der Waals surface area contributed by atoms with Gasteiger partial charge >= 0.3 is 5.97 Å². The molecule has 0 aliphatic carbocycles. The fraction of sp³-hybridized carbons (Fsp3) is 0.429. The molecule has 116 valence electrons. The third-order valence-corrected chi connectivity index (χ3v) is 2.52. The lowest BCUT2D eigenvalue weighted by Gasteiger charge is -2.09. The summed E-state index contributed by atoms with van der Waals surface area (Å²) in [7, 11) is 1.37. The van der Waals surface area contributed by atoms with E-state index >= 15 is 0 Å². The lowest BCUT2D eigenvalue weighted by molar-refractivity contribution is -0.121. The van der Waals surface area contributed by atoms with Gasteiger partial charge in [0, 0.05) is 18.4 Å². The van der Waals surface area contributed by atoms with Crippen LogP contribution in [0.4, 0.5) is 5.69 Å². The van der Waals surface area contributed by atoms with Gasteiger partial charge in [0.25, 0.3) is 0 Å². The van der Waals surface area contributed by atoms with Crippen LogP contribution in [0.5, 0.6) is 5.75 Å². The maximum atomic E-state index is 11.6. The van der Waals surface area contributed by atoms with Gasteiger partial charge in [-0.05, 0) is 19.1 Å². The predicted molar refractivity (Wildman–Crippen MR) is 75.9 cm³/mol. The Morgan fingerprint density at radius 3 is 2.57 bits per heavy atom. The molecule has 0 unspecified atom stereocenters. The highest BCUT2D eigenvalue weighted by Gasteiger charge is 2.12.